The molecule has 0 aromatic heterocycles. The van der Waals surface area contributed by atoms with Crippen LogP contribution in [0.2, 0.25) is 0 Å². The first-order valence-electron chi connectivity index (χ1n) is 9.22. The van der Waals surface area contributed by atoms with E-state index in [1.54, 1.807) is 12.1 Å². The molecule has 0 radical (unpaired) electrons. The van der Waals surface area contributed by atoms with E-state index in [1.807, 2.05) is 54.3 Å². The first-order valence-corrected chi connectivity index (χ1v) is 9.22. The van der Waals surface area contributed by atoms with Crippen molar-refractivity contribution in [3.05, 3.63) is 77.1 Å². The maximum atomic E-state index is 13.4. The van der Waals surface area contributed by atoms with Crippen molar-refractivity contribution < 1.29 is 9.59 Å². The Morgan fingerprint density at radius 2 is 1.42 bits per heavy atom. The van der Waals surface area contributed by atoms with Crippen LogP contribution in [0.1, 0.15) is 40.5 Å². The lowest BCUT2D eigenvalue weighted by atomic mass is 9.89. The zero-order chi connectivity index (χ0) is 18.1. The van der Waals surface area contributed by atoms with Gasteiger partial charge in [-0.3, -0.25) is 9.59 Å². The number of benzene rings is 2. The topological polar surface area (TPSA) is 40.6 Å². The van der Waals surface area contributed by atoms with Gasteiger partial charge in [0.15, 0.2) is 0 Å². The number of allylic oxidation sites excluding steroid dienone is 2. The summed E-state index contributed by atoms with van der Waals surface area (Å²) >= 11 is 0. The van der Waals surface area contributed by atoms with Crippen molar-refractivity contribution in [3.63, 3.8) is 0 Å². The molecular weight excluding hydrogens is 324 g/mol. The molecule has 2 aromatic carbocycles. The van der Waals surface area contributed by atoms with Crippen LogP contribution in [0.3, 0.4) is 0 Å². The number of fused-ring (bicyclic) bond motifs is 1. The molecule has 132 valence electrons. The number of likely N-dealkylation sites (tertiary alicyclic amines) is 1. The van der Waals surface area contributed by atoms with Gasteiger partial charge in [-0.1, -0.05) is 42.5 Å². The van der Waals surface area contributed by atoms with Crippen LogP contribution in [0.5, 0.6) is 0 Å². The number of Topliss-reactive ketones (excluding diaryl/α,β-unsaturated/α-hetero) is 2. The second-order valence-corrected chi connectivity index (χ2v) is 6.68. The summed E-state index contributed by atoms with van der Waals surface area (Å²) in [6, 6.07) is 17.0. The van der Waals surface area contributed by atoms with Gasteiger partial charge in [0.2, 0.25) is 11.6 Å². The van der Waals surface area contributed by atoms with E-state index in [9.17, 15) is 9.59 Å². The third-order valence-electron chi connectivity index (χ3n) is 5.15. The molecule has 0 spiro atoms. The summed E-state index contributed by atoms with van der Waals surface area (Å²) in [6.45, 7) is 4.29. The Morgan fingerprint density at radius 1 is 0.846 bits per heavy atom. The molecule has 1 heterocycles. The smallest absolute Gasteiger partial charge is 0.212 e. The van der Waals surface area contributed by atoms with Crippen LogP contribution >= 0.6 is 0 Å². The maximum Gasteiger partial charge on any atom is 0.212 e. The van der Waals surface area contributed by atoms with Crippen molar-refractivity contribution >= 4 is 17.3 Å². The highest BCUT2D eigenvalue weighted by atomic mass is 16.1. The van der Waals surface area contributed by atoms with Gasteiger partial charge in [-0.2, -0.15) is 0 Å². The van der Waals surface area contributed by atoms with Crippen molar-refractivity contribution in [2.45, 2.75) is 19.8 Å². The van der Waals surface area contributed by atoms with Gasteiger partial charge >= 0.3 is 0 Å². The van der Waals surface area contributed by atoms with Crippen molar-refractivity contribution in [1.29, 1.82) is 0 Å². The van der Waals surface area contributed by atoms with Crippen molar-refractivity contribution in [2.75, 3.05) is 24.5 Å². The molecule has 4 heteroatoms. The van der Waals surface area contributed by atoms with Crippen molar-refractivity contribution in [3.8, 4) is 0 Å². The van der Waals surface area contributed by atoms with Gasteiger partial charge < -0.3 is 9.80 Å². The number of ketones is 2. The van der Waals surface area contributed by atoms with Gasteiger partial charge in [-0.25, -0.2) is 0 Å². The van der Waals surface area contributed by atoms with Crippen LogP contribution in [0.25, 0.3) is 0 Å². The van der Waals surface area contributed by atoms with Gasteiger partial charge in [-0.15, -0.1) is 0 Å². The zero-order valence-electron chi connectivity index (χ0n) is 14.9. The first kappa shape index (κ1) is 16.6. The number of hydrogen-bond acceptors (Lipinski definition) is 4. The predicted molar refractivity (Wildman–Crippen MR) is 102 cm³/mol. The number of carbonyl (C=O) groups is 2. The molecule has 1 saturated heterocycles. The van der Waals surface area contributed by atoms with Crippen LogP contribution < -0.4 is 4.90 Å². The van der Waals surface area contributed by atoms with Gasteiger partial charge in [-0.05, 0) is 31.9 Å². The third kappa shape index (κ3) is 2.62. The lowest BCUT2D eigenvalue weighted by Crippen LogP contribution is -2.39. The molecule has 0 saturated carbocycles. The average Bonchev–Trinajstić information content (AvgIpc) is 3.21. The fourth-order valence-electron chi connectivity index (χ4n) is 3.91. The fraction of sp³-hybridized carbons (Fsp3) is 0.273. The van der Waals surface area contributed by atoms with E-state index >= 15 is 0 Å². The molecule has 4 rings (SSSR count). The molecule has 0 N–H and O–H groups in total. The highest BCUT2D eigenvalue weighted by Gasteiger charge is 2.38. The average molecular weight is 346 g/mol. The summed E-state index contributed by atoms with van der Waals surface area (Å²) in [5.41, 5.74) is 3.04. The van der Waals surface area contributed by atoms with E-state index in [4.69, 9.17) is 0 Å². The Hall–Kier alpha value is -2.88. The zero-order valence-corrected chi connectivity index (χ0v) is 14.9. The highest BCUT2D eigenvalue weighted by Crippen LogP contribution is 2.34. The molecular formula is C22H22N2O2. The second-order valence-electron chi connectivity index (χ2n) is 6.68. The third-order valence-corrected chi connectivity index (χ3v) is 5.15. The van der Waals surface area contributed by atoms with E-state index in [0.717, 1.165) is 31.6 Å². The summed E-state index contributed by atoms with van der Waals surface area (Å²) in [7, 11) is 0. The Balaban J connectivity index is 1.92. The van der Waals surface area contributed by atoms with Crippen LogP contribution in [0, 0.1) is 0 Å². The minimum atomic E-state index is -0.0622. The summed E-state index contributed by atoms with van der Waals surface area (Å²) in [6.07, 6.45) is 2.11. The number of likely N-dealkylation sites (N-methyl/N-ethyl adjacent to an activating group) is 1. The molecule has 26 heavy (non-hydrogen) atoms. The molecule has 1 aliphatic heterocycles. The Morgan fingerprint density at radius 3 is 2.04 bits per heavy atom. The van der Waals surface area contributed by atoms with Gasteiger partial charge in [0.1, 0.15) is 11.4 Å². The lowest BCUT2D eigenvalue weighted by Gasteiger charge is -2.34. The molecule has 0 atom stereocenters. The summed E-state index contributed by atoms with van der Waals surface area (Å²) in [4.78, 5) is 30.8. The molecule has 0 bridgehead atoms. The van der Waals surface area contributed by atoms with E-state index in [0.29, 0.717) is 29.1 Å². The highest BCUT2D eigenvalue weighted by molar-refractivity contribution is 6.27. The van der Waals surface area contributed by atoms with Gasteiger partial charge in [0.05, 0.1) is 0 Å². The van der Waals surface area contributed by atoms with Crippen LogP contribution in [-0.4, -0.2) is 36.1 Å². The SMILES string of the molecule is CCN(C1=C(N2CCCC2)C(=O)c2ccccc2C1=O)c1ccccc1. The standard InChI is InChI=1S/C22H22N2O2/c1-2-24(16-10-4-3-5-11-16)20-19(23-14-8-9-15-23)21(25)17-12-6-7-13-18(17)22(20)26/h3-7,10-13H,2,8-9,14-15H2,1H3. The number of anilines is 1. The molecule has 0 unspecified atom stereocenters. The molecule has 4 nitrogen and oxygen atoms in total. The molecule has 2 aromatic rings. The van der Waals surface area contributed by atoms with Gasteiger partial charge in [0, 0.05) is 36.4 Å². The monoisotopic (exact) mass is 346 g/mol. The van der Waals surface area contributed by atoms with E-state index in [-0.39, 0.29) is 11.6 Å². The quantitative estimate of drug-likeness (QED) is 0.842. The summed E-state index contributed by atoms with van der Waals surface area (Å²) in [5, 5.41) is 0. The fourth-order valence-corrected chi connectivity index (χ4v) is 3.91. The maximum absolute atomic E-state index is 13.4. The minimum absolute atomic E-state index is 0.0357. The molecule has 1 aliphatic carbocycles. The van der Waals surface area contributed by atoms with Crippen LogP contribution in [-0.2, 0) is 0 Å². The summed E-state index contributed by atoms with van der Waals surface area (Å²) < 4.78 is 0. The Kier molecular flexibility index (Phi) is 4.33. The predicted octanol–water partition coefficient (Wildman–Crippen LogP) is 3.90. The number of nitrogens with zero attached hydrogens (tertiary/aromatic N) is 2. The van der Waals surface area contributed by atoms with E-state index in [1.165, 1.54) is 0 Å². The Bertz CT molecular complexity index is 880. The number of rotatable bonds is 4. The largest absolute Gasteiger partial charge is 0.367 e. The van der Waals surface area contributed by atoms with Crippen LogP contribution in [0.15, 0.2) is 66.0 Å². The van der Waals surface area contributed by atoms with E-state index < -0.39 is 0 Å². The number of carbonyl (C=O) groups excluding carboxylic acids is 2. The van der Waals surface area contributed by atoms with E-state index in [2.05, 4.69) is 4.90 Å². The number of para-hydroxylation sites is 1. The van der Waals surface area contributed by atoms with Gasteiger partial charge in [0.25, 0.3) is 0 Å². The summed E-state index contributed by atoms with van der Waals surface area (Å²) in [5.74, 6) is -0.0979. The number of hydrogen-bond donors (Lipinski definition) is 0. The second kappa shape index (κ2) is 6.79. The van der Waals surface area contributed by atoms with Crippen molar-refractivity contribution in [2.24, 2.45) is 0 Å². The minimum Gasteiger partial charge on any atom is -0.367 e. The Labute approximate surface area is 153 Å². The van der Waals surface area contributed by atoms with Crippen molar-refractivity contribution in [1.82, 2.24) is 4.90 Å². The molecule has 0 amide bonds. The lowest BCUT2D eigenvalue weighted by molar-refractivity contribution is 0.0944. The molecule has 1 fully saturated rings. The molecule has 2 aliphatic rings. The normalized spacial score (nSPS) is 16.9. The first-order chi connectivity index (χ1) is 12.7. The van der Waals surface area contributed by atoms with Crippen LogP contribution in [0.4, 0.5) is 5.69 Å².